The van der Waals surface area contributed by atoms with Gasteiger partial charge in [0.1, 0.15) is 12.1 Å². The molecule has 2 aliphatic carbocycles. The van der Waals surface area contributed by atoms with Crippen LogP contribution in [-0.2, 0) is 29.4 Å². The Morgan fingerprint density at radius 1 is 0.935 bits per heavy atom. The van der Waals surface area contributed by atoms with Crippen LogP contribution in [0, 0.1) is 34.0 Å². The molecular weight excluding hydrogens is 614 g/mol. The minimum atomic E-state index is -3.63. The SMILES string of the molecule is CN1CCN(C[C@@H](NC(=O)N[C@H](C(=O)N2C[C@H]3[C@@H]([C@H]2C(=O)NC(CC2CC2)C(=O)C(N)=O)C3(C)C)C(C)(C)C)C(C)(C)C)S1(=O)=O. The third kappa shape index (κ3) is 7.35. The van der Waals surface area contributed by atoms with Gasteiger partial charge in [0, 0.05) is 39.3 Å². The zero-order valence-electron chi connectivity index (χ0n) is 28.7. The summed E-state index contributed by atoms with van der Waals surface area (Å²) < 4.78 is 28.1. The Bertz CT molecular complexity index is 1370. The maximum absolute atomic E-state index is 14.3. The van der Waals surface area contributed by atoms with Gasteiger partial charge < -0.3 is 26.6 Å². The number of primary amides is 1. The molecule has 4 aliphatic rings. The Balaban J connectivity index is 1.52. The maximum atomic E-state index is 14.3. The summed E-state index contributed by atoms with van der Waals surface area (Å²) in [5.41, 5.74) is 3.82. The van der Waals surface area contributed by atoms with Crippen molar-refractivity contribution in [2.45, 2.75) is 98.8 Å². The molecule has 5 amide bonds. The number of urea groups is 1. The monoisotopic (exact) mass is 667 g/mol. The molecule has 2 aliphatic heterocycles. The molecule has 260 valence electrons. The molecule has 2 heterocycles. The lowest BCUT2D eigenvalue weighted by atomic mass is 9.85. The first-order valence-electron chi connectivity index (χ1n) is 16.2. The lowest BCUT2D eigenvalue weighted by Gasteiger charge is -2.39. The highest BCUT2D eigenvalue weighted by Crippen LogP contribution is 2.65. The van der Waals surface area contributed by atoms with Gasteiger partial charge in [-0.25, -0.2) is 4.79 Å². The van der Waals surface area contributed by atoms with Crippen LogP contribution in [0.1, 0.15) is 74.7 Å². The van der Waals surface area contributed by atoms with E-state index in [0.29, 0.717) is 26.1 Å². The highest BCUT2D eigenvalue weighted by Gasteiger charge is 2.70. The van der Waals surface area contributed by atoms with Crippen LogP contribution in [-0.4, -0.2) is 109 Å². The average Bonchev–Trinajstić information content (AvgIpc) is 3.74. The van der Waals surface area contributed by atoms with E-state index in [1.165, 1.54) is 20.6 Å². The van der Waals surface area contributed by atoms with Crippen LogP contribution in [0.5, 0.6) is 0 Å². The van der Waals surface area contributed by atoms with Crippen molar-refractivity contribution in [1.29, 1.82) is 0 Å². The average molecular weight is 668 g/mol. The van der Waals surface area contributed by atoms with Crippen molar-refractivity contribution in [3.8, 4) is 0 Å². The number of nitrogens with one attached hydrogen (secondary N) is 3. The van der Waals surface area contributed by atoms with Gasteiger partial charge in [0.05, 0.1) is 6.04 Å². The van der Waals surface area contributed by atoms with E-state index in [-0.39, 0.29) is 29.7 Å². The van der Waals surface area contributed by atoms with Gasteiger partial charge in [-0.1, -0.05) is 68.2 Å². The van der Waals surface area contributed by atoms with E-state index in [1.54, 1.807) is 0 Å². The van der Waals surface area contributed by atoms with Gasteiger partial charge in [0.25, 0.3) is 16.1 Å². The third-order valence-corrected chi connectivity index (χ3v) is 12.4. The Labute approximate surface area is 273 Å². The fraction of sp³-hybridized carbons (Fsp3) is 0.839. The summed E-state index contributed by atoms with van der Waals surface area (Å²) in [5, 5.41) is 8.51. The number of nitrogens with zero attached hydrogens (tertiary/aromatic N) is 3. The van der Waals surface area contributed by atoms with E-state index >= 15 is 0 Å². The highest BCUT2D eigenvalue weighted by atomic mass is 32.2. The van der Waals surface area contributed by atoms with E-state index in [9.17, 15) is 32.4 Å². The number of ketones is 1. The number of Topliss-reactive ketones (excluding diaryl/α,β-unsaturated/α-hetero) is 1. The fourth-order valence-corrected chi connectivity index (χ4v) is 8.27. The van der Waals surface area contributed by atoms with Crippen molar-refractivity contribution in [1.82, 2.24) is 29.5 Å². The second kappa shape index (κ2) is 12.3. The van der Waals surface area contributed by atoms with E-state index in [2.05, 4.69) is 16.0 Å². The molecule has 0 aromatic rings. The summed E-state index contributed by atoms with van der Waals surface area (Å²) in [7, 11) is -2.11. The topological polar surface area (TPSA) is 191 Å². The van der Waals surface area contributed by atoms with Crippen LogP contribution < -0.4 is 21.7 Å². The third-order valence-electron chi connectivity index (χ3n) is 10.4. The summed E-state index contributed by atoms with van der Waals surface area (Å²) in [6, 6.07) is -4.16. The summed E-state index contributed by atoms with van der Waals surface area (Å²) in [4.78, 5) is 67.5. The van der Waals surface area contributed by atoms with Gasteiger partial charge in [-0.3, -0.25) is 19.2 Å². The van der Waals surface area contributed by atoms with Crippen molar-refractivity contribution in [3.05, 3.63) is 0 Å². The Hall–Kier alpha value is -2.78. The van der Waals surface area contributed by atoms with E-state index in [0.717, 1.165) is 12.8 Å². The predicted octanol–water partition coefficient (Wildman–Crippen LogP) is 0.430. The summed E-state index contributed by atoms with van der Waals surface area (Å²) in [5.74, 6) is -2.76. The summed E-state index contributed by atoms with van der Waals surface area (Å²) >= 11 is 0. The van der Waals surface area contributed by atoms with Crippen LogP contribution in [0.15, 0.2) is 0 Å². The summed E-state index contributed by atoms with van der Waals surface area (Å²) in [6.07, 6.45) is 2.14. The van der Waals surface area contributed by atoms with Gasteiger partial charge >= 0.3 is 6.03 Å². The number of carbonyl (C=O) groups is 5. The predicted molar refractivity (Wildman–Crippen MR) is 171 cm³/mol. The van der Waals surface area contributed by atoms with Gasteiger partial charge in [-0.15, -0.1) is 0 Å². The first-order chi connectivity index (χ1) is 21.0. The molecule has 5 N–H and O–H groups in total. The number of fused-ring (bicyclic) bond motifs is 1. The van der Waals surface area contributed by atoms with Crippen molar-refractivity contribution < 1.29 is 32.4 Å². The number of likely N-dealkylation sites (N-methyl/N-ethyl adjacent to an activating group) is 1. The number of piperidine rings is 1. The van der Waals surface area contributed by atoms with Crippen LogP contribution in [0.4, 0.5) is 4.79 Å². The number of rotatable bonds is 11. The van der Waals surface area contributed by atoms with Crippen molar-refractivity contribution >= 4 is 39.7 Å². The molecule has 4 fully saturated rings. The number of carbonyl (C=O) groups excluding carboxylic acids is 5. The lowest BCUT2D eigenvalue weighted by molar-refractivity contribution is -0.145. The minimum absolute atomic E-state index is 0.0566. The van der Waals surface area contributed by atoms with Crippen LogP contribution >= 0.6 is 0 Å². The molecule has 4 rings (SSSR count). The van der Waals surface area contributed by atoms with E-state index < -0.39 is 74.7 Å². The number of amides is 5. The lowest BCUT2D eigenvalue weighted by Crippen LogP contribution is -2.62. The quantitative estimate of drug-likeness (QED) is 0.230. The number of nitrogens with two attached hydrogens (primary N) is 1. The van der Waals surface area contributed by atoms with Gasteiger partial charge in [-0.05, 0) is 40.4 Å². The number of likely N-dealkylation sites (tertiary alicyclic amines) is 1. The van der Waals surface area contributed by atoms with Gasteiger partial charge in [0.15, 0.2) is 0 Å². The Morgan fingerprint density at radius 3 is 2.02 bits per heavy atom. The molecule has 2 saturated carbocycles. The second-order valence-electron chi connectivity index (χ2n) is 16.4. The van der Waals surface area contributed by atoms with E-state index in [4.69, 9.17) is 5.73 Å². The van der Waals surface area contributed by atoms with Gasteiger partial charge in [-0.2, -0.15) is 17.0 Å². The first kappa shape index (κ1) is 36.1. The second-order valence-corrected chi connectivity index (χ2v) is 18.4. The fourth-order valence-electron chi connectivity index (χ4n) is 6.91. The Kier molecular flexibility index (Phi) is 9.68. The van der Waals surface area contributed by atoms with Crippen molar-refractivity contribution in [3.63, 3.8) is 0 Å². The molecule has 0 bridgehead atoms. The van der Waals surface area contributed by atoms with Crippen LogP contribution in [0.25, 0.3) is 0 Å². The molecule has 2 saturated heterocycles. The largest absolute Gasteiger partial charge is 0.363 e. The normalized spacial score (nSPS) is 27.7. The molecule has 0 radical (unpaired) electrons. The Morgan fingerprint density at radius 2 is 1.54 bits per heavy atom. The molecule has 1 unspecified atom stereocenters. The minimum Gasteiger partial charge on any atom is -0.363 e. The number of hydrogen-bond donors (Lipinski definition) is 4. The van der Waals surface area contributed by atoms with Crippen molar-refractivity contribution in [2.24, 2.45) is 39.7 Å². The van der Waals surface area contributed by atoms with Crippen molar-refractivity contribution in [2.75, 3.05) is 33.2 Å². The molecule has 46 heavy (non-hydrogen) atoms. The maximum Gasteiger partial charge on any atom is 0.315 e. The molecular formula is C31H53N7O7S. The van der Waals surface area contributed by atoms with E-state index in [1.807, 2.05) is 55.4 Å². The highest BCUT2D eigenvalue weighted by molar-refractivity contribution is 7.87. The smallest absolute Gasteiger partial charge is 0.315 e. The number of hydrogen-bond acceptors (Lipinski definition) is 7. The molecule has 0 spiro atoms. The zero-order valence-corrected chi connectivity index (χ0v) is 29.5. The molecule has 0 aromatic heterocycles. The molecule has 14 nitrogen and oxygen atoms in total. The standard InChI is InChI=1S/C31H53N7O7S/c1-29(2,3)20(16-37-13-12-36(9)46(37,44)45)34-28(43)35-24(30(4,5)6)27(42)38-15-18-21(31(18,7)8)22(38)26(41)33-19(14-17-10-11-17)23(39)25(32)40/h17-22,24H,10-16H2,1-9H3,(H2,32,40)(H,33,41)(H2,34,35,43)/t18-,19?,20+,21-,22-,24+/m0/s1. The first-order valence-corrected chi connectivity index (χ1v) is 17.6. The van der Waals surface area contributed by atoms with Crippen LogP contribution in [0.3, 0.4) is 0 Å². The van der Waals surface area contributed by atoms with Crippen LogP contribution in [0.2, 0.25) is 0 Å². The summed E-state index contributed by atoms with van der Waals surface area (Å²) in [6.45, 7) is 16.3. The van der Waals surface area contributed by atoms with Gasteiger partial charge in [0.2, 0.25) is 17.6 Å². The zero-order chi connectivity index (χ0) is 34.7. The molecule has 15 heteroatoms. The molecule has 0 aromatic carbocycles. The molecule has 6 atom stereocenters.